The Balaban J connectivity index is 1.94. The standard InChI is InChI=1S/C15H15FN4S/c1-8-3-4-10(7-12(8)16)9(2)18-13-11-5-6-21-14(11)20-15(17)19-13/h3-7,9H,1-2H3,(H3,17,18,19,20). The maximum Gasteiger partial charge on any atom is 0.223 e. The van der Waals surface area contributed by atoms with Crippen LogP contribution in [0, 0.1) is 12.7 Å². The van der Waals surface area contributed by atoms with E-state index in [0.29, 0.717) is 11.4 Å². The normalized spacial score (nSPS) is 12.5. The Morgan fingerprint density at radius 2 is 2.10 bits per heavy atom. The van der Waals surface area contributed by atoms with E-state index in [1.165, 1.54) is 11.3 Å². The second-order valence-corrected chi connectivity index (χ2v) is 5.84. The highest BCUT2D eigenvalue weighted by Gasteiger charge is 2.12. The number of aryl methyl sites for hydroxylation is 1. The SMILES string of the molecule is Cc1ccc(C(C)Nc2nc(N)nc3sccc23)cc1F. The number of nitrogens with two attached hydrogens (primary N) is 1. The summed E-state index contributed by atoms with van der Waals surface area (Å²) in [5, 5.41) is 6.15. The fourth-order valence-electron chi connectivity index (χ4n) is 2.15. The minimum atomic E-state index is -0.205. The van der Waals surface area contributed by atoms with Crippen LogP contribution < -0.4 is 11.1 Å². The van der Waals surface area contributed by atoms with Crippen molar-refractivity contribution in [3.63, 3.8) is 0 Å². The molecule has 6 heteroatoms. The van der Waals surface area contributed by atoms with Gasteiger partial charge in [0.2, 0.25) is 5.95 Å². The van der Waals surface area contributed by atoms with Crippen molar-refractivity contribution in [1.82, 2.24) is 9.97 Å². The van der Waals surface area contributed by atoms with Gasteiger partial charge < -0.3 is 11.1 Å². The Bertz CT molecular complexity index is 799. The number of thiophene rings is 1. The van der Waals surface area contributed by atoms with E-state index in [1.807, 2.05) is 24.4 Å². The van der Waals surface area contributed by atoms with Gasteiger partial charge >= 0.3 is 0 Å². The minimum Gasteiger partial charge on any atom is -0.368 e. The van der Waals surface area contributed by atoms with Crippen LogP contribution in [0.25, 0.3) is 10.2 Å². The highest BCUT2D eigenvalue weighted by atomic mass is 32.1. The van der Waals surface area contributed by atoms with Crippen LogP contribution in [0.2, 0.25) is 0 Å². The molecule has 3 aromatic rings. The fourth-order valence-corrected chi connectivity index (χ4v) is 2.92. The van der Waals surface area contributed by atoms with Gasteiger partial charge in [0.05, 0.1) is 11.4 Å². The summed E-state index contributed by atoms with van der Waals surface area (Å²) in [6.45, 7) is 3.71. The average molecular weight is 302 g/mol. The molecular weight excluding hydrogens is 287 g/mol. The molecule has 0 aliphatic carbocycles. The van der Waals surface area contributed by atoms with Gasteiger partial charge in [-0.2, -0.15) is 4.98 Å². The maximum absolute atomic E-state index is 13.7. The molecule has 0 saturated carbocycles. The van der Waals surface area contributed by atoms with Crippen molar-refractivity contribution in [3.8, 4) is 0 Å². The average Bonchev–Trinajstić information content (AvgIpc) is 2.90. The molecule has 0 saturated heterocycles. The van der Waals surface area contributed by atoms with Crippen molar-refractivity contribution in [1.29, 1.82) is 0 Å². The third-order valence-electron chi connectivity index (χ3n) is 3.39. The lowest BCUT2D eigenvalue weighted by Crippen LogP contribution is -2.10. The van der Waals surface area contributed by atoms with Gasteiger partial charge in [0, 0.05) is 0 Å². The van der Waals surface area contributed by atoms with E-state index in [2.05, 4.69) is 15.3 Å². The third kappa shape index (κ3) is 2.67. The predicted octanol–water partition coefficient (Wildman–Crippen LogP) is 3.89. The van der Waals surface area contributed by atoms with Crippen LogP contribution in [0.4, 0.5) is 16.2 Å². The van der Waals surface area contributed by atoms with E-state index in [1.54, 1.807) is 19.1 Å². The van der Waals surface area contributed by atoms with Crippen molar-refractivity contribution in [2.24, 2.45) is 0 Å². The van der Waals surface area contributed by atoms with Crippen molar-refractivity contribution in [3.05, 3.63) is 46.6 Å². The Morgan fingerprint density at radius 3 is 2.86 bits per heavy atom. The van der Waals surface area contributed by atoms with E-state index in [4.69, 9.17) is 5.73 Å². The van der Waals surface area contributed by atoms with Crippen LogP contribution in [-0.4, -0.2) is 9.97 Å². The van der Waals surface area contributed by atoms with Gasteiger partial charge in [0.1, 0.15) is 16.5 Å². The molecule has 108 valence electrons. The number of nitrogen functional groups attached to an aromatic ring is 1. The highest BCUT2D eigenvalue weighted by molar-refractivity contribution is 7.16. The summed E-state index contributed by atoms with van der Waals surface area (Å²) in [6.07, 6.45) is 0. The number of aromatic nitrogens is 2. The van der Waals surface area contributed by atoms with Crippen LogP contribution in [0.3, 0.4) is 0 Å². The van der Waals surface area contributed by atoms with E-state index in [9.17, 15) is 4.39 Å². The number of rotatable bonds is 3. The molecule has 0 spiro atoms. The third-order valence-corrected chi connectivity index (χ3v) is 4.20. The molecule has 1 unspecified atom stereocenters. The molecule has 0 bridgehead atoms. The first-order valence-corrected chi connectivity index (χ1v) is 7.46. The molecular formula is C15H15FN4S. The Labute approximate surface area is 125 Å². The van der Waals surface area contributed by atoms with Crippen LogP contribution in [-0.2, 0) is 0 Å². The molecule has 1 aromatic carbocycles. The van der Waals surface area contributed by atoms with E-state index >= 15 is 0 Å². The molecule has 2 aromatic heterocycles. The van der Waals surface area contributed by atoms with E-state index in [-0.39, 0.29) is 17.8 Å². The Hall–Kier alpha value is -2.21. The summed E-state index contributed by atoms with van der Waals surface area (Å²) in [4.78, 5) is 9.27. The lowest BCUT2D eigenvalue weighted by molar-refractivity contribution is 0.614. The summed E-state index contributed by atoms with van der Waals surface area (Å²) in [5.41, 5.74) is 7.22. The second-order valence-electron chi connectivity index (χ2n) is 4.94. The molecule has 4 nitrogen and oxygen atoms in total. The van der Waals surface area contributed by atoms with Crippen LogP contribution >= 0.6 is 11.3 Å². The monoisotopic (exact) mass is 302 g/mol. The van der Waals surface area contributed by atoms with Gasteiger partial charge in [0.25, 0.3) is 0 Å². The molecule has 1 atom stereocenters. The smallest absolute Gasteiger partial charge is 0.223 e. The number of anilines is 2. The number of halogens is 1. The topological polar surface area (TPSA) is 63.8 Å². The first-order chi connectivity index (χ1) is 10.0. The molecule has 3 N–H and O–H groups in total. The molecule has 0 amide bonds. The van der Waals surface area contributed by atoms with Gasteiger partial charge in [-0.3, -0.25) is 0 Å². The quantitative estimate of drug-likeness (QED) is 0.770. The highest BCUT2D eigenvalue weighted by Crippen LogP contribution is 2.28. The number of nitrogens with one attached hydrogen (secondary N) is 1. The zero-order valence-electron chi connectivity index (χ0n) is 11.7. The van der Waals surface area contributed by atoms with Crippen LogP contribution in [0.15, 0.2) is 29.6 Å². The summed E-state index contributed by atoms with van der Waals surface area (Å²) < 4.78 is 13.7. The summed E-state index contributed by atoms with van der Waals surface area (Å²) >= 11 is 1.51. The first kappa shape index (κ1) is 13.8. The van der Waals surface area contributed by atoms with Gasteiger partial charge in [0.15, 0.2) is 0 Å². The van der Waals surface area contributed by atoms with Gasteiger partial charge in [-0.05, 0) is 42.5 Å². The number of benzene rings is 1. The molecule has 3 rings (SSSR count). The lowest BCUT2D eigenvalue weighted by Gasteiger charge is -2.16. The minimum absolute atomic E-state index is 0.0856. The zero-order chi connectivity index (χ0) is 15.0. The molecule has 0 aliphatic rings. The number of fused-ring (bicyclic) bond motifs is 1. The Kier molecular flexibility index (Phi) is 3.47. The molecule has 2 heterocycles. The van der Waals surface area contributed by atoms with Crippen molar-refractivity contribution in [2.45, 2.75) is 19.9 Å². The maximum atomic E-state index is 13.7. The summed E-state index contributed by atoms with van der Waals surface area (Å²) in [6, 6.07) is 7.09. The second kappa shape index (κ2) is 5.29. The number of hydrogen-bond donors (Lipinski definition) is 2. The predicted molar refractivity (Wildman–Crippen MR) is 85.0 cm³/mol. The molecule has 0 fully saturated rings. The fraction of sp³-hybridized carbons (Fsp3) is 0.200. The van der Waals surface area contributed by atoms with E-state index < -0.39 is 0 Å². The van der Waals surface area contributed by atoms with Crippen LogP contribution in [0.5, 0.6) is 0 Å². The molecule has 0 radical (unpaired) electrons. The van der Waals surface area contributed by atoms with Gasteiger partial charge in [-0.15, -0.1) is 11.3 Å². The lowest BCUT2D eigenvalue weighted by atomic mass is 10.1. The summed E-state index contributed by atoms with van der Waals surface area (Å²) in [5.74, 6) is 0.700. The molecule has 21 heavy (non-hydrogen) atoms. The largest absolute Gasteiger partial charge is 0.368 e. The van der Waals surface area contributed by atoms with Crippen molar-refractivity contribution in [2.75, 3.05) is 11.1 Å². The zero-order valence-corrected chi connectivity index (χ0v) is 12.5. The van der Waals surface area contributed by atoms with Crippen LogP contribution in [0.1, 0.15) is 24.1 Å². The van der Waals surface area contributed by atoms with Crippen molar-refractivity contribution < 1.29 is 4.39 Å². The van der Waals surface area contributed by atoms with Crippen molar-refractivity contribution >= 4 is 33.3 Å². The van der Waals surface area contributed by atoms with E-state index in [0.717, 1.165) is 15.8 Å². The van der Waals surface area contributed by atoms with Gasteiger partial charge in [-0.1, -0.05) is 12.1 Å². The Morgan fingerprint density at radius 1 is 1.29 bits per heavy atom. The summed E-state index contributed by atoms with van der Waals surface area (Å²) in [7, 11) is 0. The van der Waals surface area contributed by atoms with Gasteiger partial charge in [-0.25, -0.2) is 9.37 Å². The number of hydrogen-bond acceptors (Lipinski definition) is 5. The molecule has 0 aliphatic heterocycles. The number of nitrogens with zero attached hydrogens (tertiary/aromatic N) is 2. The first-order valence-electron chi connectivity index (χ1n) is 6.58.